The van der Waals surface area contributed by atoms with Gasteiger partial charge in [-0.2, -0.15) is 4.31 Å². The number of carbonyl (C=O) groups excluding carboxylic acids is 1. The first-order valence-corrected chi connectivity index (χ1v) is 8.55. The molecule has 1 atom stereocenters. The SMILES string of the molecule is COC(=O)[C@H]1CCCCN1S(=O)(=O)c1cccc(Br)c1. The lowest BCUT2D eigenvalue weighted by molar-refractivity contribution is -0.146. The van der Waals surface area contributed by atoms with Gasteiger partial charge in [0.1, 0.15) is 6.04 Å². The number of halogens is 1. The Bertz CT molecular complexity index is 602. The molecule has 1 saturated heterocycles. The fourth-order valence-corrected chi connectivity index (χ4v) is 4.57. The molecular formula is C13H16BrNO4S. The Morgan fingerprint density at radius 2 is 2.15 bits per heavy atom. The second kappa shape index (κ2) is 6.24. The monoisotopic (exact) mass is 361 g/mol. The van der Waals surface area contributed by atoms with Gasteiger partial charge >= 0.3 is 5.97 Å². The molecule has 5 nitrogen and oxygen atoms in total. The zero-order valence-corrected chi connectivity index (χ0v) is 13.5. The fraction of sp³-hybridized carbons (Fsp3) is 0.462. The molecule has 7 heteroatoms. The summed E-state index contributed by atoms with van der Waals surface area (Å²) < 4.78 is 32.0. The Hall–Kier alpha value is -0.920. The number of piperidine rings is 1. The van der Waals surface area contributed by atoms with Crippen molar-refractivity contribution in [3.05, 3.63) is 28.7 Å². The van der Waals surface area contributed by atoms with E-state index in [9.17, 15) is 13.2 Å². The molecule has 0 spiro atoms. The molecule has 1 aliphatic heterocycles. The molecule has 1 aliphatic rings. The molecule has 0 aliphatic carbocycles. The van der Waals surface area contributed by atoms with Crippen molar-refractivity contribution in [2.45, 2.75) is 30.2 Å². The Balaban J connectivity index is 2.38. The van der Waals surface area contributed by atoms with Gasteiger partial charge in [0, 0.05) is 11.0 Å². The van der Waals surface area contributed by atoms with Gasteiger partial charge in [0.2, 0.25) is 10.0 Å². The molecule has 1 heterocycles. The van der Waals surface area contributed by atoms with Crippen molar-refractivity contribution < 1.29 is 17.9 Å². The first kappa shape index (κ1) is 15.5. The van der Waals surface area contributed by atoms with Gasteiger partial charge < -0.3 is 4.74 Å². The molecule has 2 rings (SSSR count). The summed E-state index contributed by atoms with van der Waals surface area (Å²) in [5.41, 5.74) is 0. The Labute approximate surface area is 127 Å². The third-order valence-electron chi connectivity index (χ3n) is 3.33. The van der Waals surface area contributed by atoms with Crippen LogP contribution in [-0.4, -0.2) is 38.4 Å². The average Bonchev–Trinajstić information content (AvgIpc) is 2.46. The number of rotatable bonds is 3. The predicted molar refractivity (Wildman–Crippen MR) is 77.7 cm³/mol. The molecule has 0 amide bonds. The van der Waals surface area contributed by atoms with Crippen LogP contribution in [0.3, 0.4) is 0 Å². The maximum atomic E-state index is 12.7. The zero-order chi connectivity index (χ0) is 14.8. The van der Waals surface area contributed by atoms with Crippen LogP contribution in [0.5, 0.6) is 0 Å². The summed E-state index contributed by atoms with van der Waals surface area (Å²) in [7, 11) is -2.41. The number of methoxy groups -OCH3 is 1. The molecule has 20 heavy (non-hydrogen) atoms. The number of hydrogen-bond donors (Lipinski definition) is 0. The first-order valence-electron chi connectivity index (χ1n) is 6.32. The van der Waals surface area contributed by atoms with Gasteiger partial charge in [-0.15, -0.1) is 0 Å². The van der Waals surface area contributed by atoms with Gasteiger partial charge in [-0.3, -0.25) is 4.79 Å². The number of sulfonamides is 1. The highest BCUT2D eigenvalue weighted by molar-refractivity contribution is 9.10. The molecule has 1 aromatic rings. The maximum absolute atomic E-state index is 12.7. The summed E-state index contributed by atoms with van der Waals surface area (Å²) in [5, 5.41) is 0. The summed E-state index contributed by atoms with van der Waals surface area (Å²) in [6, 6.07) is 5.76. The van der Waals surface area contributed by atoms with Crippen molar-refractivity contribution in [3.8, 4) is 0 Å². The highest BCUT2D eigenvalue weighted by Crippen LogP contribution is 2.27. The maximum Gasteiger partial charge on any atom is 0.324 e. The van der Waals surface area contributed by atoms with E-state index in [1.165, 1.54) is 23.5 Å². The Morgan fingerprint density at radius 1 is 1.40 bits per heavy atom. The van der Waals surface area contributed by atoms with E-state index < -0.39 is 22.0 Å². The van der Waals surface area contributed by atoms with Gasteiger partial charge in [0.25, 0.3) is 0 Å². The van der Waals surface area contributed by atoms with Gasteiger partial charge in [0.05, 0.1) is 12.0 Å². The number of ether oxygens (including phenoxy) is 1. The molecule has 0 bridgehead atoms. The number of benzene rings is 1. The minimum atomic E-state index is -3.69. The minimum absolute atomic E-state index is 0.183. The summed E-state index contributed by atoms with van der Waals surface area (Å²) in [4.78, 5) is 12.0. The zero-order valence-electron chi connectivity index (χ0n) is 11.1. The number of hydrogen-bond acceptors (Lipinski definition) is 4. The van der Waals surface area contributed by atoms with Gasteiger partial charge in [0.15, 0.2) is 0 Å². The van der Waals surface area contributed by atoms with Gasteiger partial charge in [-0.25, -0.2) is 8.42 Å². The minimum Gasteiger partial charge on any atom is -0.468 e. The molecule has 110 valence electrons. The van der Waals surface area contributed by atoms with Crippen molar-refractivity contribution >= 4 is 31.9 Å². The topological polar surface area (TPSA) is 63.7 Å². The van der Waals surface area contributed by atoms with Crippen molar-refractivity contribution in [3.63, 3.8) is 0 Å². The smallest absolute Gasteiger partial charge is 0.324 e. The highest BCUT2D eigenvalue weighted by atomic mass is 79.9. The number of carbonyl (C=O) groups is 1. The van der Waals surface area contributed by atoms with E-state index in [4.69, 9.17) is 4.74 Å². The second-order valence-electron chi connectivity index (χ2n) is 4.61. The van der Waals surface area contributed by atoms with Crippen molar-refractivity contribution in [2.75, 3.05) is 13.7 Å². The molecule has 1 aromatic carbocycles. The molecule has 0 radical (unpaired) electrons. The van der Waals surface area contributed by atoms with Crippen LogP contribution in [-0.2, 0) is 19.6 Å². The average molecular weight is 362 g/mol. The van der Waals surface area contributed by atoms with E-state index in [0.29, 0.717) is 17.4 Å². The van der Waals surface area contributed by atoms with Crippen LogP contribution in [0.2, 0.25) is 0 Å². The normalized spacial score (nSPS) is 20.6. The largest absolute Gasteiger partial charge is 0.468 e. The van der Waals surface area contributed by atoms with Crippen LogP contribution >= 0.6 is 15.9 Å². The molecule has 0 saturated carbocycles. The molecule has 0 N–H and O–H groups in total. The van der Waals surface area contributed by atoms with E-state index in [0.717, 1.165) is 12.8 Å². The molecule has 0 aromatic heterocycles. The summed E-state index contributed by atoms with van der Waals surface area (Å²) in [6.45, 7) is 0.342. The van der Waals surface area contributed by atoms with Crippen LogP contribution in [0.15, 0.2) is 33.6 Å². The van der Waals surface area contributed by atoms with Crippen LogP contribution in [0.4, 0.5) is 0 Å². The second-order valence-corrected chi connectivity index (χ2v) is 7.41. The Kier molecular flexibility index (Phi) is 4.82. The van der Waals surface area contributed by atoms with Gasteiger partial charge in [-0.1, -0.05) is 22.0 Å². The van der Waals surface area contributed by atoms with E-state index in [-0.39, 0.29) is 4.90 Å². The van der Waals surface area contributed by atoms with E-state index in [1.54, 1.807) is 12.1 Å². The van der Waals surface area contributed by atoms with Crippen molar-refractivity contribution in [1.82, 2.24) is 4.31 Å². The number of nitrogens with zero attached hydrogens (tertiary/aromatic N) is 1. The number of esters is 1. The summed E-state index contributed by atoms with van der Waals surface area (Å²) >= 11 is 3.26. The van der Waals surface area contributed by atoms with E-state index in [2.05, 4.69) is 15.9 Å². The lowest BCUT2D eigenvalue weighted by Gasteiger charge is -2.32. The van der Waals surface area contributed by atoms with Crippen LogP contribution in [0, 0.1) is 0 Å². The standard InChI is InChI=1S/C13H16BrNO4S/c1-19-13(16)12-7-2-3-8-15(12)20(17,18)11-6-4-5-10(14)9-11/h4-6,9,12H,2-3,7-8H2,1H3/t12-/m1/s1. The van der Waals surface area contributed by atoms with Crippen LogP contribution in [0.1, 0.15) is 19.3 Å². The lowest BCUT2D eigenvalue weighted by atomic mass is 10.1. The third-order valence-corrected chi connectivity index (χ3v) is 5.73. The van der Waals surface area contributed by atoms with E-state index >= 15 is 0 Å². The summed E-state index contributed by atoms with van der Waals surface area (Å²) in [5.74, 6) is -0.497. The molecule has 0 unspecified atom stereocenters. The molecular weight excluding hydrogens is 346 g/mol. The predicted octanol–water partition coefficient (Wildman–Crippen LogP) is 2.17. The quantitative estimate of drug-likeness (QED) is 0.773. The first-order chi connectivity index (χ1) is 9.46. The lowest BCUT2D eigenvalue weighted by Crippen LogP contribution is -2.48. The van der Waals surface area contributed by atoms with Gasteiger partial charge in [-0.05, 0) is 37.5 Å². The van der Waals surface area contributed by atoms with Crippen LogP contribution in [0.25, 0.3) is 0 Å². The van der Waals surface area contributed by atoms with Crippen molar-refractivity contribution in [1.29, 1.82) is 0 Å². The fourth-order valence-electron chi connectivity index (χ4n) is 2.33. The van der Waals surface area contributed by atoms with Crippen LogP contribution < -0.4 is 0 Å². The Morgan fingerprint density at radius 3 is 2.80 bits per heavy atom. The van der Waals surface area contributed by atoms with E-state index in [1.807, 2.05) is 0 Å². The van der Waals surface area contributed by atoms with Crippen molar-refractivity contribution in [2.24, 2.45) is 0 Å². The third kappa shape index (κ3) is 3.05. The highest BCUT2D eigenvalue weighted by Gasteiger charge is 2.38. The molecule has 1 fully saturated rings. The summed E-state index contributed by atoms with van der Waals surface area (Å²) in [6.07, 6.45) is 2.07.